The molecule has 2 rings (SSSR count). The van der Waals surface area contributed by atoms with Crippen molar-refractivity contribution in [3.63, 3.8) is 0 Å². The second kappa shape index (κ2) is 7.60. The molecule has 0 unspecified atom stereocenters. The number of hydrogen-bond acceptors (Lipinski definition) is 3. The number of rotatable bonds is 3. The van der Waals surface area contributed by atoms with Crippen LogP contribution >= 0.6 is 11.3 Å². The maximum atomic E-state index is 10.4. The van der Waals surface area contributed by atoms with Crippen LogP contribution in [0.2, 0.25) is 0 Å². The van der Waals surface area contributed by atoms with Gasteiger partial charge in [0.15, 0.2) is 0 Å². The first kappa shape index (κ1) is 13.4. The molecule has 0 fully saturated rings. The highest BCUT2D eigenvalue weighted by molar-refractivity contribution is 7.07. The van der Waals surface area contributed by atoms with Crippen LogP contribution in [0.25, 0.3) is 0 Å². The fraction of sp³-hybridized carbons (Fsp3) is 0.154. The van der Waals surface area contributed by atoms with Crippen LogP contribution in [-0.4, -0.2) is 17.1 Å². The number of carbonyl (C=O) groups is 1. The second-order valence-corrected chi connectivity index (χ2v) is 4.24. The normalized spacial score (nSPS) is 11.1. The van der Waals surface area contributed by atoms with E-state index in [-0.39, 0.29) is 0 Å². The molecule has 1 aromatic heterocycles. The summed E-state index contributed by atoms with van der Waals surface area (Å²) in [4.78, 5) is 10.4. The summed E-state index contributed by atoms with van der Waals surface area (Å²) in [5.74, 6) is -0.959. The summed E-state index contributed by atoms with van der Waals surface area (Å²) in [5.41, 5.74) is 6.30. The molecule has 90 valence electrons. The Kier molecular flexibility index (Phi) is 5.99. The van der Waals surface area contributed by atoms with E-state index < -0.39 is 12.0 Å². The first-order valence-corrected chi connectivity index (χ1v) is 6.14. The molecule has 1 aromatic carbocycles. The molecule has 17 heavy (non-hydrogen) atoms. The van der Waals surface area contributed by atoms with Crippen molar-refractivity contribution in [3.8, 4) is 0 Å². The fourth-order valence-electron chi connectivity index (χ4n) is 1.18. The number of hydrogen-bond donors (Lipinski definition) is 2. The van der Waals surface area contributed by atoms with Gasteiger partial charge < -0.3 is 10.8 Å². The Morgan fingerprint density at radius 1 is 1.18 bits per heavy atom. The van der Waals surface area contributed by atoms with Gasteiger partial charge in [-0.3, -0.25) is 4.79 Å². The third kappa shape index (κ3) is 5.85. The number of carboxylic acid groups (broad SMARTS) is 1. The molecule has 0 spiro atoms. The Morgan fingerprint density at radius 2 is 1.76 bits per heavy atom. The number of benzene rings is 1. The minimum absolute atomic E-state index is 0.385. The Hall–Kier alpha value is -1.65. The van der Waals surface area contributed by atoms with E-state index in [9.17, 15) is 4.79 Å². The molecule has 3 nitrogen and oxygen atoms in total. The predicted octanol–water partition coefficient (Wildman–Crippen LogP) is 2.39. The highest BCUT2D eigenvalue weighted by Gasteiger charge is 2.10. The number of carboxylic acids is 1. The van der Waals surface area contributed by atoms with E-state index in [1.807, 2.05) is 53.2 Å². The molecular formula is C13H15NO2S. The topological polar surface area (TPSA) is 63.3 Å². The number of aliphatic carboxylic acids is 1. The van der Waals surface area contributed by atoms with Crippen LogP contribution in [0.15, 0.2) is 53.2 Å². The molecule has 1 heterocycles. The Morgan fingerprint density at radius 3 is 2.18 bits per heavy atom. The molecule has 0 saturated carbocycles. The molecule has 4 heteroatoms. The monoisotopic (exact) mass is 249 g/mol. The van der Waals surface area contributed by atoms with Crippen LogP contribution in [0.4, 0.5) is 0 Å². The zero-order chi connectivity index (χ0) is 12.5. The highest BCUT2D eigenvalue weighted by Crippen LogP contribution is 2.01. The first-order valence-electron chi connectivity index (χ1n) is 5.19. The van der Waals surface area contributed by atoms with Crippen LogP contribution in [-0.2, 0) is 11.2 Å². The van der Waals surface area contributed by atoms with Crippen molar-refractivity contribution in [2.75, 3.05) is 0 Å². The molecule has 0 aliphatic carbocycles. The SMILES string of the molecule is N[C@@H](Cc1ccccc1)C(=O)O.c1ccsc1. The van der Waals surface area contributed by atoms with E-state index in [0.29, 0.717) is 6.42 Å². The third-order valence-corrected chi connectivity index (χ3v) is 2.67. The van der Waals surface area contributed by atoms with Crippen molar-refractivity contribution < 1.29 is 9.90 Å². The maximum Gasteiger partial charge on any atom is 0.320 e. The van der Waals surface area contributed by atoms with E-state index in [2.05, 4.69) is 0 Å². The van der Waals surface area contributed by atoms with E-state index in [1.165, 1.54) is 0 Å². The van der Waals surface area contributed by atoms with Gasteiger partial charge in [-0.25, -0.2) is 0 Å². The van der Waals surface area contributed by atoms with Crippen molar-refractivity contribution in [1.29, 1.82) is 0 Å². The van der Waals surface area contributed by atoms with E-state index >= 15 is 0 Å². The lowest BCUT2D eigenvalue weighted by Crippen LogP contribution is -2.32. The van der Waals surface area contributed by atoms with Gasteiger partial charge in [-0.15, -0.1) is 0 Å². The molecule has 2 aromatic rings. The fourth-order valence-corrected chi connectivity index (χ4v) is 1.64. The molecule has 0 aliphatic rings. The van der Waals surface area contributed by atoms with E-state index in [4.69, 9.17) is 10.8 Å². The summed E-state index contributed by atoms with van der Waals surface area (Å²) in [7, 11) is 0. The lowest BCUT2D eigenvalue weighted by molar-refractivity contribution is -0.138. The molecular weight excluding hydrogens is 234 g/mol. The summed E-state index contributed by atoms with van der Waals surface area (Å²) in [6.07, 6.45) is 0.385. The Bertz CT molecular complexity index is 397. The summed E-state index contributed by atoms with van der Waals surface area (Å²) < 4.78 is 0. The summed E-state index contributed by atoms with van der Waals surface area (Å²) in [6.45, 7) is 0. The van der Waals surface area contributed by atoms with Crippen LogP contribution in [0.3, 0.4) is 0 Å². The van der Waals surface area contributed by atoms with Gasteiger partial charge in [-0.2, -0.15) is 11.3 Å². The predicted molar refractivity (Wildman–Crippen MR) is 70.1 cm³/mol. The summed E-state index contributed by atoms with van der Waals surface area (Å²) in [6, 6.07) is 12.6. The van der Waals surface area contributed by atoms with Crippen molar-refractivity contribution in [2.24, 2.45) is 5.73 Å². The van der Waals surface area contributed by atoms with Gasteiger partial charge in [0.1, 0.15) is 6.04 Å². The lowest BCUT2D eigenvalue weighted by Gasteiger charge is -2.04. The average Bonchev–Trinajstić information content (AvgIpc) is 2.89. The molecule has 0 aliphatic heterocycles. The lowest BCUT2D eigenvalue weighted by atomic mass is 10.1. The molecule has 3 N–H and O–H groups in total. The van der Waals surface area contributed by atoms with Gasteiger partial charge in [0, 0.05) is 0 Å². The molecule has 0 bridgehead atoms. The second-order valence-electron chi connectivity index (χ2n) is 3.43. The minimum atomic E-state index is -0.959. The highest BCUT2D eigenvalue weighted by atomic mass is 32.1. The van der Waals surface area contributed by atoms with Crippen molar-refractivity contribution >= 4 is 17.3 Å². The van der Waals surface area contributed by atoms with Crippen LogP contribution in [0.5, 0.6) is 0 Å². The standard InChI is InChI=1S/C9H11NO2.C4H4S/c10-8(9(11)12)6-7-4-2-1-3-5-7;1-2-4-5-3-1/h1-5,8H,6,10H2,(H,11,12);1-4H/t8-;/m0./s1. The van der Waals surface area contributed by atoms with Gasteiger partial charge in [0.25, 0.3) is 0 Å². The zero-order valence-corrected chi connectivity index (χ0v) is 10.1. The maximum absolute atomic E-state index is 10.4. The van der Waals surface area contributed by atoms with E-state index in [0.717, 1.165) is 5.56 Å². The minimum Gasteiger partial charge on any atom is -0.480 e. The van der Waals surface area contributed by atoms with Gasteiger partial charge in [-0.05, 0) is 22.7 Å². The Labute approximate surface area is 105 Å². The number of thiophene rings is 1. The number of nitrogens with two attached hydrogens (primary N) is 1. The van der Waals surface area contributed by atoms with Crippen LogP contribution in [0.1, 0.15) is 5.56 Å². The van der Waals surface area contributed by atoms with Crippen molar-refractivity contribution in [2.45, 2.75) is 12.5 Å². The van der Waals surface area contributed by atoms with Crippen molar-refractivity contribution in [1.82, 2.24) is 0 Å². The molecule has 0 saturated heterocycles. The van der Waals surface area contributed by atoms with Crippen LogP contribution in [0, 0.1) is 0 Å². The quantitative estimate of drug-likeness (QED) is 0.878. The van der Waals surface area contributed by atoms with E-state index in [1.54, 1.807) is 11.3 Å². The molecule has 0 amide bonds. The first-order chi connectivity index (χ1) is 8.20. The van der Waals surface area contributed by atoms with Gasteiger partial charge in [0.05, 0.1) is 0 Å². The van der Waals surface area contributed by atoms with Gasteiger partial charge in [0.2, 0.25) is 0 Å². The molecule has 0 radical (unpaired) electrons. The summed E-state index contributed by atoms with van der Waals surface area (Å²) in [5, 5.41) is 12.6. The van der Waals surface area contributed by atoms with Gasteiger partial charge in [-0.1, -0.05) is 42.5 Å². The Balaban J connectivity index is 0.000000239. The molecule has 1 atom stereocenters. The average molecular weight is 249 g/mol. The van der Waals surface area contributed by atoms with Crippen molar-refractivity contribution in [3.05, 3.63) is 58.8 Å². The zero-order valence-electron chi connectivity index (χ0n) is 9.32. The summed E-state index contributed by atoms with van der Waals surface area (Å²) >= 11 is 1.71. The van der Waals surface area contributed by atoms with Crippen LogP contribution < -0.4 is 5.73 Å². The largest absolute Gasteiger partial charge is 0.480 e. The third-order valence-electron chi connectivity index (χ3n) is 2.04. The van der Waals surface area contributed by atoms with Gasteiger partial charge >= 0.3 is 5.97 Å². The smallest absolute Gasteiger partial charge is 0.320 e.